The van der Waals surface area contributed by atoms with Crippen molar-refractivity contribution in [3.8, 4) is 0 Å². The summed E-state index contributed by atoms with van der Waals surface area (Å²) in [6, 6.07) is -0.349. The Balaban J connectivity index is 1.94. The number of hydrogen-bond acceptors (Lipinski definition) is 6. The average Bonchev–Trinajstić information content (AvgIpc) is 2.53. The lowest BCUT2D eigenvalue weighted by Crippen LogP contribution is -2.58. The lowest BCUT2D eigenvalue weighted by Gasteiger charge is -2.41. The predicted molar refractivity (Wildman–Crippen MR) is 89.7 cm³/mol. The molecule has 2 aliphatic rings. The van der Waals surface area contributed by atoms with Crippen molar-refractivity contribution < 1.29 is 22.7 Å². The zero-order chi connectivity index (χ0) is 17.9. The molecular formula is C15H29N3O5S. The van der Waals surface area contributed by atoms with Crippen LogP contribution in [0.2, 0.25) is 0 Å². The van der Waals surface area contributed by atoms with Crippen LogP contribution in [0.1, 0.15) is 27.7 Å². The highest BCUT2D eigenvalue weighted by Crippen LogP contribution is 2.19. The summed E-state index contributed by atoms with van der Waals surface area (Å²) in [5.41, 5.74) is 0. The highest BCUT2D eigenvalue weighted by molar-refractivity contribution is 7.86. The zero-order valence-electron chi connectivity index (χ0n) is 15.0. The molecular weight excluding hydrogens is 334 g/mol. The van der Waals surface area contributed by atoms with Gasteiger partial charge in [-0.05, 0) is 27.7 Å². The lowest BCUT2D eigenvalue weighted by molar-refractivity contribution is -0.149. The zero-order valence-corrected chi connectivity index (χ0v) is 15.8. The number of piperazine rings is 1. The van der Waals surface area contributed by atoms with Crippen molar-refractivity contribution in [2.45, 2.75) is 45.9 Å². The van der Waals surface area contributed by atoms with Crippen molar-refractivity contribution in [1.82, 2.24) is 13.5 Å². The van der Waals surface area contributed by atoms with Crippen molar-refractivity contribution >= 4 is 16.2 Å². The summed E-state index contributed by atoms with van der Waals surface area (Å²) in [6.07, 6.45) is -0.206. The Labute approximate surface area is 144 Å². The summed E-state index contributed by atoms with van der Waals surface area (Å²) in [5.74, 6) is -0.260. The van der Waals surface area contributed by atoms with Crippen molar-refractivity contribution in [2.75, 3.05) is 45.9 Å². The Morgan fingerprint density at radius 1 is 1.12 bits per heavy atom. The maximum atomic E-state index is 12.8. The van der Waals surface area contributed by atoms with E-state index in [1.807, 2.05) is 18.7 Å². The third-order valence-corrected chi connectivity index (χ3v) is 6.46. The Bertz CT molecular complexity index is 523. The van der Waals surface area contributed by atoms with Crippen LogP contribution in [-0.4, -0.2) is 92.0 Å². The second-order valence-electron chi connectivity index (χ2n) is 6.45. The number of esters is 1. The molecule has 2 fully saturated rings. The molecule has 2 heterocycles. The van der Waals surface area contributed by atoms with Gasteiger partial charge in [-0.2, -0.15) is 17.0 Å². The first-order chi connectivity index (χ1) is 11.3. The number of nitrogens with zero attached hydrogens (tertiary/aromatic N) is 3. The summed E-state index contributed by atoms with van der Waals surface area (Å²) < 4.78 is 39.3. The van der Waals surface area contributed by atoms with Crippen molar-refractivity contribution in [2.24, 2.45) is 0 Å². The molecule has 140 valence electrons. The number of carbonyl (C=O) groups excluding carboxylic acids is 1. The largest absolute Gasteiger partial charge is 0.465 e. The normalized spacial score (nSPS) is 29.3. The quantitative estimate of drug-likeness (QED) is 0.635. The summed E-state index contributed by atoms with van der Waals surface area (Å²) in [7, 11) is -3.49. The van der Waals surface area contributed by atoms with Gasteiger partial charge in [-0.15, -0.1) is 0 Å². The van der Waals surface area contributed by atoms with Gasteiger partial charge in [0.05, 0.1) is 18.8 Å². The van der Waals surface area contributed by atoms with Crippen molar-refractivity contribution in [3.63, 3.8) is 0 Å². The van der Waals surface area contributed by atoms with Crippen LogP contribution < -0.4 is 0 Å². The molecule has 3 atom stereocenters. The van der Waals surface area contributed by atoms with Gasteiger partial charge in [0.15, 0.2) is 0 Å². The molecule has 0 saturated carbocycles. The molecule has 2 saturated heterocycles. The molecule has 0 amide bonds. The second-order valence-corrected chi connectivity index (χ2v) is 8.37. The maximum absolute atomic E-state index is 12.8. The van der Waals surface area contributed by atoms with E-state index in [9.17, 15) is 13.2 Å². The molecule has 8 nitrogen and oxygen atoms in total. The molecule has 2 aliphatic heterocycles. The Hall–Kier alpha value is -0.740. The van der Waals surface area contributed by atoms with E-state index >= 15 is 0 Å². The fourth-order valence-corrected chi connectivity index (χ4v) is 4.96. The van der Waals surface area contributed by atoms with Crippen LogP contribution in [0.3, 0.4) is 0 Å². The molecule has 2 rings (SSSR count). The van der Waals surface area contributed by atoms with Gasteiger partial charge in [0.1, 0.15) is 6.04 Å². The summed E-state index contributed by atoms with van der Waals surface area (Å²) in [6.45, 7) is 10.3. The van der Waals surface area contributed by atoms with Crippen molar-refractivity contribution in [1.29, 1.82) is 0 Å². The Kier molecular flexibility index (Phi) is 6.60. The van der Waals surface area contributed by atoms with Crippen LogP contribution in [0.4, 0.5) is 0 Å². The van der Waals surface area contributed by atoms with Crippen LogP contribution in [0.15, 0.2) is 0 Å². The van der Waals surface area contributed by atoms with Gasteiger partial charge in [0.25, 0.3) is 10.2 Å². The Morgan fingerprint density at radius 2 is 1.67 bits per heavy atom. The fraction of sp³-hybridized carbons (Fsp3) is 0.933. The first-order valence-corrected chi connectivity index (χ1v) is 9.96. The standard InChI is InChI=1S/C15H29N3O5S/c1-5-22-15(19)14(4)16-6-8-17(9-7-16)24(20,21)18-10-12(2)23-13(3)11-18/h12-14H,5-11H2,1-4H3/t12-,13+,14-/m0/s1. The lowest BCUT2D eigenvalue weighted by atomic mass is 10.2. The maximum Gasteiger partial charge on any atom is 0.323 e. The van der Waals surface area contributed by atoms with Gasteiger partial charge in [-0.25, -0.2) is 0 Å². The first-order valence-electron chi connectivity index (χ1n) is 8.57. The smallest absolute Gasteiger partial charge is 0.323 e. The van der Waals surface area contributed by atoms with Crippen LogP contribution >= 0.6 is 0 Å². The van der Waals surface area contributed by atoms with E-state index in [0.717, 1.165) is 0 Å². The molecule has 24 heavy (non-hydrogen) atoms. The van der Waals surface area contributed by atoms with E-state index in [0.29, 0.717) is 45.9 Å². The monoisotopic (exact) mass is 363 g/mol. The molecule has 0 N–H and O–H groups in total. The van der Waals surface area contributed by atoms with Crippen LogP contribution in [0.5, 0.6) is 0 Å². The highest BCUT2D eigenvalue weighted by atomic mass is 32.2. The van der Waals surface area contributed by atoms with E-state index in [4.69, 9.17) is 9.47 Å². The van der Waals surface area contributed by atoms with Crippen LogP contribution in [0.25, 0.3) is 0 Å². The number of morpholine rings is 1. The van der Waals surface area contributed by atoms with E-state index < -0.39 is 10.2 Å². The van der Waals surface area contributed by atoms with E-state index in [2.05, 4.69) is 0 Å². The average molecular weight is 363 g/mol. The fourth-order valence-electron chi connectivity index (χ4n) is 3.22. The third kappa shape index (κ3) is 4.45. The minimum Gasteiger partial charge on any atom is -0.465 e. The van der Waals surface area contributed by atoms with Crippen LogP contribution in [-0.2, 0) is 24.5 Å². The minimum absolute atomic E-state index is 0.103. The highest BCUT2D eigenvalue weighted by Gasteiger charge is 2.37. The number of carbonyl (C=O) groups is 1. The molecule has 0 bridgehead atoms. The summed E-state index contributed by atoms with van der Waals surface area (Å²) in [4.78, 5) is 13.8. The number of rotatable bonds is 5. The molecule has 0 aliphatic carbocycles. The van der Waals surface area contributed by atoms with Crippen molar-refractivity contribution in [3.05, 3.63) is 0 Å². The van der Waals surface area contributed by atoms with E-state index in [1.54, 1.807) is 13.8 Å². The molecule has 0 spiro atoms. The van der Waals surface area contributed by atoms with E-state index in [1.165, 1.54) is 8.61 Å². The molecule has 0 aromatic heterocycles. The topological polar surface area (TPSA) is 79.4 Å². The summed E-state index contributed by atoms with van der Waals surface area (Å²) in [5, 5.41) is 0. The van der Waals surface area contributed by atoms with Gasteiger partial charge in [0.2, 0.25) is 0 Å². The molecule has 9 heteroatoms. The first kappa shape index (κ1) is 19.6. The van der Waals surface area contributed by atoms with Gasteiger partial charge in [-0.3, -0.25) is 9.69 Å². The predicted octanol–water partition coefficient (Wildman–Crippen LogP) is -0.0904. The molecule has 0 unspecified atom stereocenters. The Morgan fingerprint density at radius 3 is 2.17 bits per heavy atom. The van der Waals surface area contributed by atoms with Gasteiger partial charge in [-0.1, -0.05) is 0 Å². The summed E-state index contributed by atoms with van der Waals surface area (Å²) >= 11 is 0. The molecule has 0 aromatic rings. The number of hydrogen-bond donors (Lipinski definition) is 0. The molecule has 0 radical (unpaired) electrons. The van der Waals surface area contributed by atoms with E-state index in [-0.39, 0.29) is 24.2 Å². The third-order valence-electron chi connectivity index (χ3n) is 4.49. The van der Waals surface area contributed by atoms with Crippen LogP contribution in [0, 0.1) is 0 Å². The number of ether oxygens (including phenoxy) is 2. The minimum atomic E-state index is -3.49. The van der Waals surface area contributed by atoms with Gasteiger partial charge in [0, 0.05) is 39.3 Å². The van der Waals surface area contributed by atoms with Gasteiger partial charge < -0.3 is 9.47 Å². The SMILES string of the molecule is CCOC(=O)[C@H](C)N1CCN(S(=O)(=O)N2C[C@@H](C)O[C@@H](C)C2)CC1. The molecule has 0 aromatic carbocycles. The van der Waals surface area contributed by atoms with Gasteiger partial charge >= 0.3 is 5.97 Å². The second kappa shape index (κ2) is 8.09.